The fourth-order valence-electron chi connectivity index (χ4n) is 5.02. The Hall–Kier alpha value is -4.48. The lowest BCUT2D eigenvalue weighted by Gasteiger charge is -2.34. The Morgan fingerprint density at radius 1 is 0.818 bits per heavy atom. The third-order valence-electron chi connectivity index (χ3n) is 7.28. The Morgan fingerprint density at radius 2 is 1.34 bits per heavy atom. The van der Waals surface area contributed by atoms with Crippen molar-refractivity contribution in [2.75, 3.05) is 29.0 Å². The van der Waals surface area contributed by atoms with Gasteiger partial charge in [0.15, 0.2) is 0 Å². The van der Waals surface area contributed by atoms with Gasteiger partial charge in [0.2, 0.25) is 10.0 Å². The van der Waals surface area contributed by atoms with Crippen LogP contribution in [0, 0.1) is 11.6 Å². The summed E-state index contributed by atoms with van der Waals surface area (Å²) in [6, 6.07) is 25.9. The zero-order valence-corrected chi connectivity index (χ0v) is 25.1. The molecular weight excluding hydrogens is 586 g/mol. The topological polar surface area (TPSA) is 91.0 Å². The largest absolute Gasteiger partial charge is 0.457 e. The van der Waals surface area contributed by atoms with Crippen LogP contribution < -0.4 is 19.7 Å². The smallest absolute Gasteiger partial charge is 0.322 e. The third kappa shape index (κ3) is 9.01. The molecule has 1 aliphatic rings. The molecule has 0 radical (unpaired) electrons. The molecule has 4 aromatic rings. The maximum Gasteiger partial charge on any atom is 0.322 e. The second-order valence-electron chi connectivity index (χ2n) is 10.8. The first-order valence-electron chi connectivity index (χ1n) is 14.2. The van der Waals surface area contributed by atoms with E-state index in [1.54, 1.807) is 53.4 Å². The maximum absolute atomic E-state index is 13.6. The fourth-order valence-corrected chi connectivity index (χ4v) is 5.59. The summed E-state index contributed by atoms with van der Waals surface area (Å²) in [5.41, 5.74) is 2.92. The van der Waals surface area contributed by atoms with Crippen molar-refractivity contribution in [1.82, 2.24) is 10.2 Å². The lowest BCUT2D eigenvalue weighted by molar-refractivity contribution is 0.188. The summed E-state index contributed by atoms with van der Waals surface area (Å²) >= 11 is 0. The highest BCUT2D eigenvalue weighted by molar-refractivity contribution is 7.92. The van der Waals surface area contributed by atoms with Gasteiger partial charge in [0.25, 0.3) is 0 Å². The number of benzene rings is 4. The zero-order valence-electron chi connectivity index (χ0n) is 24.2. The number of carbonyl (C=O) groups excluding carboxylic acids is 1. The summed E-state index contributed by atoms with van der Waals surface area (Å²) in [7, 11) is -3.34. The van der Waals surface area contributed by atoms with Crippen molar-refractivity contribution >= 4 is 27.4 Å². The number of ether oxygens (including phenoxy) is 1. The highest BCUT2D eigenvalue weighted by atomic mass is 32.2. The molecule has 0 atom stereocenters. The number of nitrogens with one attached hydrogen (secondary N) is 2. The predicted molar refractivity (Wildman–Crippen MR) is 167 cm³/mol. The van der Waals surface area contributed by atoms with Crippen molar-refractivity contribution in [3.63, 3.8) is 0 Å². The predicted octanol–water partition coefficient (Wildman–Crippen LogP) is 6.51. The summed E-state index contributed by atoms with van der Waals surface area (Å²) in [4.78, 5) is 17.3. The number of halogens is 2. The van der Waals surface area contributed by atoms with Gasteiger partial charge in [-0.05, 0) is 96.8 Å². The van der Waals surface area contributed by atoms with Gasteiger partial charge in [0, 0.05) is 37.1 Å². The van der Waals surface area contributed by atoms with Crippen LogP contribution in [0.3, 0.4) is 0 Å². The number of hydrogen-bond acceptors (Lipinski definition) is 5. The second-order valence-corrected chi connectivity index (χ2v) is 12.6. The lowest BCUT2D eigenvalue weighted by atomic mass is 10.0. The maximum atomic E-state index is 13.6. The van der Waals surface area contributed by atoms with Crippen LogP contribution in [0.2, 0.25) is 0 Å². The molecule has 0 aromatic heterocycles. The number of sulfonamides is 1. The minimum Gasteiger partial charge on any atom is -0.457 e. The van der Waals surface area contributed by atoms with E-state index >= 15 is 0 Å². The molecule has 2 N–H and O–H groups in total. The normalized spacial score (nSPS) is 14.2. The number of likely N-dealkylation sites (tertiary alicyclic amines) is 1. The number of amides is 2. The van der Waals surface area contributed by atoms with E-state index in [0.29, 0.717) is 22.9 Å². The van der Waals surface area contributed by atoms with E-state index in [4.69, 9.17) is 4.74 Å². The Kier molecular flexibility index (Phi) is 9.76. The molecule has 5 rings (SSSR count). The quantitative estimate of drug-likeness (QED) is 0.211. The highest BCUT2D eigenvalue weighted by Gasteiger charge is 2.24. The summed E-state index contributed by atoms with van der Waals surface area (Å²) in [6.07, 6.45) is 2.67. The van der Waals surface area contributed by atoms with Gasteiger partial charge >= 0.3 is 6.03 Å². The Balaban J connectivity index is 1.11. The molecule has 0 bridgehead atoms. The van der Waals surface area contributed by atoms with Gasteiger partial charge in [-0.1, -0.05) is 24.3 Å². The molecule has 44 heavy (non-hydrogen) atoms. The van der Waals surface area contributed by atoms with Gasteiger partial charge < -0.3 is 10.1 Å². The van der Waals surface area contributed by atoms with Crippen LogP contribution in [-0.2, 0) is 23.1 Å². The molecule has 1 saturated heterocycles. The summed E-state index contributed by atoms with van der Waals surface area (Å²) in [5.74, 6) is 0.527. The van der Waals surface area contributed by atoms with Crippen LogP contribution in [0.25, 0.3) is 0 Å². The number of rotatable bonds is 10. The molecule has 1 heterocycles. The molecule has 8 nitrogen and oxygen atoms in total. The zero-order chi connectivity index (χ0) is 31.1. The van der Waals surface area contributed by atoms with Crippen LogP contribution >= 0.6 is 0 Å². The second kappa shape index (κ2) is 13.9. The number of hydrogen-bond donors (Lipinski definition) is 2. The minimum atomic E-state index is -3.34. The molecule has 1 aliphatic heterocycles. The molecule has 2 amide bonds. The van der Waals surface area contributed by atoms with E-state index in [2.05, 4.69) is 14.9 Å². The first-order chi connectivity index (χ1) is 21.1. The first kappa shape index (κ1) is 31.0. The molecule has 0 spiro atoms. The summed E-state index contributed by atoms with van der Waals surface area (Å²) < 4.78 is 58.0. The van der Waals surface area contributed by atoms with E-state index in [9.17, 15) is 22.0 Å². The Bertz CT molecular complexity index is 1640. The first-order valence-corrected chi connectivity index (χ1v) is 16.1. The van der Waals surface area contributed by atoms with Crippen LogP contribution in [0.5, 0.6) is 11.5 Å². The number of piperidine rings is 1. The van der Waals surface area contributed by atoms with E-state index < -0.39 is 10.0 Å². The Labute approximate surface area is 256 Å². The summed E-state index contributed by atoms with van der Waals surface area (Å²) in [6.45, 7) is 2.61. The number of urea groups is 1. The molecule has 0 aliphatic carbocycles. The lowest BCUT2D eigenvalue weighted by Crippen LogP contribution is -2.49. The fraction of sp³-hybridized carbons (Fsp3) is 0.242. The van der Waals surface area contributed by atoms with Crippen molar-refractivity contribution < 1.29 is 26.7 Å². The molecule has 0 saturated carbocycles. The average Bonchev–Trinajstić information content (AvgIpc) is 3.00. The van der Waals surface area contributed by atoms with Gasteiger partial charge in [0.1, 0.15) is 23.1 Å². The van der Waals surface area contributed by atoms with Gasteiger partial charge in [-0.3, -0.25) is 14.5 Å². The summed E-state index contributed by atoms with van der Waals surface area (Å²) in [5, 5.41) is 3.14. The van der Waals surface area contributed by atoms with Crippen molar-refractivity contribution in [3.05, 3.63) is 120 Å². The van der Waals surface area contributed by atoms with Gasteiger partial charge in [0.05, 0.1) is 12.8 Å². The third-order valence-corrected chi connectivity index (χ3v) is 7.88. The van der Waals surface area contributed by atoms with E-state index in [1.165, 1.54) is 24.3 Å². The van der Waals surface area contributed by atoms with E-state index in [1.807, 2.05) is 24.3 Å². The van der Waals surface area contributed by atoms with Crippen molar-refractivity contribution in [2.24, 2.45) is 0 Å². The highest BCUT2D eigenvalue weighted by Crippen LogP contribution is 2.25. The number of carbonyl (C=O) groups is 1. The van der Waals surface area contributed by atoms with Crippen LogP contribution in [0.1, 0.15) is 24.0 Å². The minimum absolute atomic E-state index is 0.00952. The standard InChI is InChI=1S/C33H34F2N4O4S/c1-44(41,42)37-29-10-16-32(17-11-29)43-31-14-4-24(5-15-31)22-38-20-18-28(19-21-38)36-33(40)39(30-12-8-27(35)9-13-30)23-25-2-6-26(34)7-3-25/h2-17,28,37H,18-23H2,1H3,(H,36,40). The average molecular weight is 621 g/mol. The van der Waals surface area contributed by atoms with Crippen LogP contribution in [0.15, 0.2) is 97.1 Å². The molecule has 230 valence electrons. The Morgan fingerprint density at radius 3 is 1.91 bits per heavy atom. The van der Waals surface area contributed by atoms with Crippen LogP contribution in [-0.4, -0.2) is 44.7 Å². The molecule has 1 fully saturated rings. The van der Waals surface area contributed by atoms with Gasteiger partial charge in [-0.15, -0.1) is 0 Å². The van der Waals surface area contributed by atoms with E-state index in [-0.39, 0.29) is 30.3 Å². The number of nitrogens with zero attached hydrogens (tertiary/aromatic N) is 2. The molecular formula is C33H34F2N4O4S. The van der Waals surface area contributed by atoms with Crippen LogP contribution in [0.4, 0.5) is 25.0 Å². The molecule has 4 aromatic carbocycles. The SMILES string of the molecule is CS(=O)(=O)Nc1ccc(Oc2ccc(CN3CCC(NC(=O)N(Cc4ccc(F)cc4)c4ccc(F)cc4)CC3)cc2)cc1. The van der Waals surface area contributed by atoms with Crippen molar-refractivity contribution in [2.45, 2.75) is 32.0 Å². The van der Waals surface area contributed by atoms with Gasteiger partial charge in [-0.25, -0.2) is 22.0 Å². The monoisotopic (exact) mass is 620 g/mol. The number of anilines is 2. The van der Waals surface area contributed by atoms with Crippen molar-refractivity contribution in [1.29, 1.82) is 0 Å². The van der Waals surface area contributed by atoms with Crippen molar-refractivity contribution in [3.8, 4) is 11.5 Å². The molecule has 0 unspecified atom stereocenters. The van der Waals surface area contributed by atoms with Gasteiger partial charge in [-0.2, -0.15) is 0 Å². The molecule has 11 heteroatoms. The van der Waals surface area contributed by atoms with E-state index in [0.717, 1.165) is 49.9 Å².